The fourth-order valence-corrected chi connectivity index (χ4v) is 3.41. The smallest absolute Gasteiger partial charge is 0.119 e. The Morgan fingerprint density at radius 1 is 0.957 bits per heavy atom. The van der Waals surface area contributed by atoms with Crippen LogP contribution >= 0.6 is 0 Å². The Labute approximate surface area is 135 Å². The van der Waals surface area contributed by atoms with E-state index in [0.29, 0.717) is 0 Å². The third kappa shape index (κ3) is 2.35. The zero-order valence-corrected chi connectivity index (χ0v) is 13.3. The van der Waals surface area contributed by atoms with Gasteiger partial charge in [-0.25, -0.2) is 0 Å². The molecule has 0 spiro atoms. The second-order valence-electron chi connectivity index (χ2n) is 5.84. The van der Waals surface area contributed by atoms with Crippen LogP contribution in [0.4, 0.5) is 0 Å². The molecule has 0 amide bonds. The van der Waals surface area contributed by atoms with Crippen LogP contribution in [0.5, 0.6) is 11.5 Å². The van der Waals surface area contributed by atoms with E-state index in [0.717, 1.165) is 30.0 Å². The number of rotatable bonds is 3. The Morgan fingerprint density at radius 3 is 2.43 bits per heavy atom. The number of benzene rings is 2. The van der Waals surface area contributed by atoms with Gasteiger partial charge in [-0.05, 0) is 47.9 Å². The van der Waals surface area contributed by atoms with Crippen LogP contribution < -0.4 is 14.8 Å². The number of aromatic nitrogens is 1. The summed E-state index contributed by atoms with van der Waals surface area (Å²) in [6, 6.07) is 14.7. The first kappa shape index (κ1) is 14.2. The highest BCUT2D eigenvalue weighted by molar-refractivity contribution is 5.86. The molecule has 1 atom stereocenters. The van der Waals surface area contributed by atoms with Gasteiger partial charge in [0, 0.05) is 23.1 Å². The van der Waals surface area contributed by atoms with Crippen molar-refractivity contribution >= 4 is 10.9 Å². The molecule has 2 N–H and O–H groups in total. The Hall–Kier alpha value is -2.46. The maximum absolute atomic E-state index is 5.38. The highest BCUT2D eigenvalue weighted by atomic mass is 16.5. The van der Waals surface area contributed by atoms with E-state index >= 15 is 0 Å². The van der Waals surface area contributed by atoms with Gasteiger partial charge in [-0.2, -0.15) is 0 Å². The molecule has 0 saturated carbocycles. The van der Waals surface area contributed by atoms with Gasteiger partial charge in [0.1, 0.15) is 11.5 Å². The summed E-state index contributed by atoms with van der Waals surface area (Å²) >= 11 is 0. The molecule has 0 fully saturated rings. The van der Waals surface area contributed by atoms with Crippen LogP contribution in [-0.2, 0) is 6.42 Å². The molecule has 1 aliphatic heterocycles. The Morgan fingerprint density at radius 2 is 1.70 bits per heavy atom. The van der Waals surface area contributed by atoms with Crippen molar-refractivity contribution in [1.82, 2.24) is 10.3 Å². The summed E-state index contributed by atoms with van der Waals surface area (Å²) in [5.74, 6) is 1.78. The van der Waals surface area contributed by atoms with Gasteiger partial charge in [-0.15, -0.1) is 0 Å². The van der Waals surface area contributed by atoms with E-state index < -0.39 is 0 Å². The van der Waals surface area contributed by atoms with E-state index in [1.165, 1.54) is 22.2 Å². The third-order valence-corrected chi connectivity index (χ3v) is 4.61. The van der Waals surface area contributed by atoms with E-state index in [1.807, 2.05) is 18.2 Å². The standard InChI is InChI=1S/C19H20N2O2/c1-22-13-5-3-12(4-6-13)18-19-15(9-10-20-18)16-11-14(23-2)7-8-17(16)21-19/h3-8,11,18,20-21H,9-10H2,1-2H3/t18-/m0/s1. The second-order valence-corrected chi connectivity index (χ2v) is 5.84. The summed E-state index contributed by atoms with van der Waals surface area (Å²) in [4.78, 5) is 3.60. The van der Waals surface area contributed by atoms with Crippen molar-refractivity contribution in [2.24, 2.45) is 0 Å². The molecule has 0 saturated heterocycles. The number of methoxy groups -OCH3 is 2. The zero-order valence-electron chi connectivity index (χ0n) is 13.3. The summed E-state index contributed by atoms with van der Waals surface area (Å²) < 4.78 is 10.6. The zero-order chi connectivity index (χ0) is 15.8. The van der Waals surface area contributed by atoms with Crippen LogP contribution in [0, 0.1) is 0 Å². The quantitative estimate of drug-likeness (QED) is 0.779. The Kier molecular flexibility index (Phi) is 3.46. The van der Waals surface area contributed by atoms with Crippen LogP contribution in [-0.4, -0.2) is 25.7 Å². The number of H-pyrrole nitrogens is 1. The van der Waals surface area contributed by atoms with Gasteiger partial charge in [-0.1, -0.05) is 12.1 Å². The predicted molar refractivity (Wildman–Crippen MR) is 91.4 cm³/mol. The number of hydrogen-bond donors (Lipinski definition) is 2. The van der Waals surface area contributed by atoms with Crippen molar-refractivity contribution in [2.45, 2.75) is 12.5 Å². The molecule has 118 valence electrons. The average molecular weight is 308 g/mol. The molecular weight excluding hydrogens is 288 g/mol. The normalized spacial score (nSPS) is 17.0. The molecule has 1 aromatic heterocycles. The Bertz CT molecular complexity index is 836. The van der Waals surface area contributed by atoms with Crippen molar-refractivity contribution in [1.29, 1.82) is 0 Å². The molecule has 0 unspecified atom stereocenters. The summed E-state index contributed by atoms with van der Waals surface area (Å²) in [6.07, 6.45) is 1.02. The summed E-state index contributed by atoms with van der Waals surface area (Å²) in [5.41, 5.74) is 5.05. The van der Waals surface area contributed by atoms with Gasteiger partial charge in [0.2, 0.25) is 0 Å². The molecule has 23 heavy (non-hydrogen) atoms. The van der Waals surface area contributed by atoms with E-state index in [9.17, 15) is 0 Å². The van der Waals surface area contributed by atoms with Crippen molar-refractivity contribution in [2.75, 3.05) is 20.8 Å². The largest absolute Gasteiger partial charge is 0.497 e. The highest BCUT2D eigenvalue weighted by Gasteiger charge is 2.25. The topological polar surface area (TPSA) is 46.3 Å². The predicted octanol–water partition coefficient (Wildman–Crippen LogP) is 3.42. The second kappa shape index (κ2) is 5.63. The highest BCUT2D eigenvalue weighted by Crippen LogP contribution is 2.35. The molecule has 1 aliphatic rings. The molecule has 2 heterocycles. The number of nitrogens with one attached hydrogen (secondary N) is 2. The first-order valence-corrected chi connectivity index (χ1v) is 7.86. The average Bonchev–Trinajstić information content (AvgIpc) is 2.99. The molecule has 4 heteroatoms. The summed E-state index contributed by atoms with van der Waals surface area (Å²) in [7, 11) is 3.40. The first-order valence-electron chi connectivity index (χ1n) is 7.86. The van der Waals surface area contributed by atoms with Gasteiger partial charge in [0.05, 0.1) is 20.3 Å². The lowest BCUT2D eigenvalue weighted by Crippen LogP contribution is -2.30. The molecular formula is C19H20N2O2. The lowest BCUT2D eigenvalue weighted by molar-refractivity contribution is 0.414. The van der Waals surface area contributed by atoms with Crippen LogP contribution in [0.3, 0.4) is 0 Å². The number of ether oxygens (including phenoxy) is 2. The van der Waals surface area contributed by atoms with Crippen LogP contribution in [0.2, 0.25) is 0 Å². The van der Waals surface area contributed by atoms with E-state index in [1.54, 1.807) is 14.2 Å². The minimum absolute atomic E-state index is 0.183. The fourth-order valence-electron chi connectivity index (χ4n) is 3.41. The van der Waals surface area contributed by atoms with Crippen LogP contribution in [0.1, 0.15) is 22.9 Å². The minimum Gasteiger partial charge on any atom is -0.497 e. The van der Waals surface area contributed by atoms with Gasteiger partial charge in [0.25, 0.3) is 0 Å². The molecule has 4 nitrogen and oxygen atoms in total. The number of aromatic amines is 1. The lowest BCUT2D eigenvalue weighted by atomic mass is 9.94. The Balaban J connectivity index is 1.81. The van der Waals surface area contributed by atoms with E-state index in [2.05, 4.69) is 34.6 Å². The van der Waals surface area contributed by atoms with Crippen molar-refractivity contribution in [3.05, 3.63) is 59.3 Å². The van der Waals surface area contributed by atoms with Crippen molar-refractivity contribution in [3.8, 4) is 11.5 Å². The van der Waals surface area contributed by atoms with E-state index in [-0.39, 0.29) is 6.04 Å². The molecule has 3 aromatic rings. The first-order chi connectivity index (χ1) is 11.3. The minimum atomic E-state index is 0.183. The lowest BCUT2D eigenvalue weighted by Gasteiger charge is -2.25. The van der Waals surface area contributed by atoms with Crippen molar-refractivity contribution in [3.63, 3.8) is 0 Å². The molecule has 0 aliphatic carbocycles. The van der Waals surface area contributed by atoms with Gasteiger partial charge >= 0.3 is 0 Å². The van der Waals surface area contributed by atoms with E-state index in [4.69, 9.17) is 9.47 Å². The maximum Gasteiger partial charge on any atom is 0.119 e. The van der Waals surface area contributed by atoms with Gasteiger partial charge < -0.3 is 19.8 Å². The van der Waals surface area contributed by atoms with Crippen LogP contribution in [0.25, 0.3) is 10.9 Å². The fraction of sp³-hybridized carbons (Fsp3) is 0.263. The number of fused-ring (bicyclic) bond motifs is 3. The maximum atomic E-state index is 5.38. The molecule has 0 radical (unpaired) electrons. The summed E-state index contributed by atoms with van der Waals surface area (Å²) in [6.45, 7) is 0.966. The van der Waals surface area contributed by atoms with Crippen molar-refractivity contribution < 1.29 is 9.47 Å². The molecule has 2 aromatic carbocycles. The number of hydrogen-bond acceptors (Lipinski definition) is 3. The SMILES string of the molecule is COc1ccc([C@@H]2NCCc3c2[nH]c2ccc(OC)cc32)cc1. The molecule has 0 bridgehead atoms. The third-order valence-electron chi connectivity index (χ3n) is 4.61. The van der Waals surface area contributed by atoms with Gasteiger partial charge in [0.15, 0.2) is 0 Å². The van der Waals surface area contributed by atoms with Crippen LogP contribution in [0.15, 0.2) is 42.5 Å². The monoisotopic (exact) mass is 308 g/mol. The van der Waals surface area contributed by atoms with Gasteiger partial charge in [-0.3, -0.25) is 0 Å². The molecule has 4 rings (SSSR count). The summed E-state index contributed by atoms with van der Waals surface area (Å²) in [5, 5.41) is 4.88.